The smallest absolute Gasteiger partial charge is 0.129 e. The van der Waals surface area contributed by atoms with Crippen LogP contribution in [-0.2, 0) is 24.4 Å². The zero-order valence-corrected chi connectivity index (χ0v) is 19.4. The van der Waals surface area contributed by atoms with E-state index in [9.17, 15) is 0 Å². The molecule has 4 rings (SSSR count). The van der Waals surface area contributed by atoms with Gasteiger partial charge in [0.1, 0.15) is 10.8 Å². The van der Waals surface area contributed by atoms with E-state index in [-0.39, 0.29) is 0 Å². The van der Waals surface area contributed by atoms with Crippen LogP contribution in [0.1, 0.15) is 41.6 Å². The van der Waals surface area contributed by atoms with Gasteiger partial charge in [0.15, 0.2) is 0 Å². The van der Waals surface area contributed by atoms with E-state index in [1.54, 1.807) is 11.3 Å². The first kappa shape index (κ1) is 20.5. The van der Waals surface area contributed by atoms with Crippen molar-refractivity contribution in [1.29, 1.82) is 0 Å². The Bertz CT molecular complexity index is 965. The Balaban J connectivity index is 1.49. The number of benzene rings is 1. The highest BCUT2D eigenvalue weighted by Crippen LogP contribution is 2.32. The molecule has 6 heteroatoms. The van der Waals surface area contributed by atoms with Crippen molar-refractivity contribution in [2.45, 2.75) is 46.3 Å². The summed E-state index contributed by atoms with van der Waals surface area (Å²) in [7, 11) is 0. The van der Waals surface area contributed by atoms with Gasteiger partial charge in [0.05, 0.1) is 23.8 Å². The number of aromatic nitrogens is 2. The molecule has 1 fully saturated rings. The summed E-state index contributed by atoms with van der Waals surface area (Å²) in [6, 6.07) is 12.6. The summed E-state index contributed by atoms with van der Waals surface area (Å²) < 4.78 is 7.04. The van der Waals surface area contributed by atoms with E-state index in [0.717, 1.165) is 46.2 Å². The molecule has 1 saturated heterocycles. The van der Waals surface area contributed by atoms with Gasteiger partial charge in [-0.3, -0.25) is 0 Å². The van der Waals surface area contributed by atoms with E-state index in [2.05, 4.69) is 58.9 Å². The maximum atomic E-state index is 5.96. The lowest BCUT2D eigenvalue weighted by atomic mass is 10.2. The van der Waals surface area contributed by atoms with Crippen molar-refractivity contribution in [1.82, 2.24) is 9.97 Å². The summed E-state index contributed by atoms with van der Waals surface area (Å²) in [5.41, 5.74) is 4.53. The summed E-state index contributed by atoms with van der Waals surface area (Å²) >= 11 is 5.20. The van der Waals surface area contributed by atoms with Gasteiger partial charge in [-0.25, -0.2) is 9.97 Å². The van der Waals surface area contributed by atoms with Crippen LogP contribution in [0.4, 0.5) is 5.82 Å². The highest BCUT2D eigenvalue weighted by atomic mass is 79.9. The molecule has 3 aromatic rings. The molecule has 0 N–H and O–H groups in total. The number of anilines is 1. The van der Waals surface area contributed by atoms with Crippen LogP contribution in [-0.4, -0.2) is 23.1 Å². The van der Waals surface area contributed by atoms with Crippen LogP contribution in [0.25, 0.3) is 10.6 Å². The summed E-state index contributed by atoms with van der Waals surface area (Å²) in [6.45, 7) is 7.63. The molecule has 0 radical (unpaired) electrons. The van der Waals surface area contributed by atoms with Gasteiger partial charge >= 0.3 is 0 Å². The maximum absolute atomic E-state index is 5.96. The third-order valence-electron chi connectivity index (χ3n) is 5.21. The largest absolute Gasteiger partial charge is 0.371 e. The lowest BCUT2D eigenvalue weighted by Crippen LogP contribution is -2.19. The molecule has 152 valence electrons. The topological polar surface area (TPSA) is 38.2 Å². The van der Waals surface area contributed by atoms with Crippen molar-refractivity contribution >= 4 is 33.1 Å². The van der Waals surface area contributed by atoms with Crippen molar-refractivity contribution in [2.24, 2.45) is 0 Å². The van der Waals surface area contributed by atoms with Gasteiger partial charge < -0.3 is 9.64 Å². The SMILES string of the molecule is CCc1cc(-c2nc(C)c(COCc3ccc(Br)cc3)s2)cc(N2CCCC2)n1. The Morgan fingerprint density at radius 3 is 2.55 bits per heavy atom. The van der Waals surface area contributed by atoms with Gasteiger partial charge in [-0.15, -0.1) is 11.3 Å². The number of pyridine rings is 1. The molecule has 0 amide bonds. The number of aryl methyl sites for hydroxylation is 2. The molecule has 0 aliphatic carbocycles. The zero-order valence-electron chi connectivity index (χ0n) is 16.9. The predicted molar refractivity (Wildman–Crippen MR) is 124 cm³/mol. The van der Waals surface area contributed by atoms with E-state index >= 15 is 0 Å². The first-order chi connectivity index (χ1) is 14.1. The summed E-state index contributed by atoms with van der Waals surface area (Å²) in [6.07, 6.45) is 3.44. The quantitative estimate of drug-likeness (QED) is 0.413. The van der Waals surface area contributed by atoms with E-state index in [0.29, 0.717) is 13.2 Å². The Labute approximate surface area is 185 Å². The number of hydrogen-bond acceptors (Lipinski definition) is 5. The normalized spacial score (nSPS) is 14.0. The van der Waals surface area contributed by atoms with E-state index in [1.807, 2.05) is 12.1 Å². The number of thiazole rings is 1. The Morgan fingerprint density at radius 2 is 1.83 bits per heavy atom. The van der Waals surface area contributed by atoms with Gasteiger partial charge in [0.2, 0.25) is 0 Å². The average Bonchev–Trinajstić information content (AvgIpc) is 3.40. The van der Waals surface area contributed by atoms with Gasteiger partial charge in [0, 0.05) is 28.8 Å². The van der Waals surface area contributed by atoms with Crippen molar-refractivity contribution in [2.75, 3.05) is 18.0 Å². The van der Waals surface area contributed by atoms with Crippen molar-refractivity contribution in [3.8, 4) is 10.6 Å². The highest BCUT2D eigenvalue weighted by molar-refractivity contribution is 9.10. The van der Waals surface area contributed by atoms with Crippen LogP contribution in [0.5, 0.6) is 0 Å². The molecule has 2 aromatic heterocycles. The number of halogens is 1. The molecule has 0 spiro atoms. The molecule has 1 aliphatic heterocycles. The number of nitrogens with zero attached hydrogens (tertiary/aromatic N) is 3. The Morgan fingerprint density at radius 1 is 1.07 bits per heavy atom. The van der Waals surface area contributed by atoms with Crippen LogP contribution in [0.2, 0.25) is 0 Å². The average molecular weight is 472 g/mol. The van der Waals surface area contributed by atoms with Gasteiger partial charge in [0.25, 0.3) is 0 Å². The molecule has 1 aromatic carbocycles. The number of rotatable bonds is 7. The summed E-state index contributed by atoms with van der Waals surface area (Å²) in [5.74, 6) is 1.10. The Hall–Kier alpha value is -1.76. The summed E-state index contributed by atoms with van der Waals surface area (Å²) in [5, 5.41) is 1.06. The van der Waals surface area contributed by atoms with Gasteiger partial charge in [-0.1, -0.05) is 35.0 Å². The lowest BCUT2D eigenvalue weighted by molar-refractivity contribution is 0.109. The second-order valence-electron chi connectivity index (χ2n) is 7.40. The standard InChI is InChI=1S/C23H26BrN3OS/c1-3-20-12-18(13-22(26-20)27-10-4-5-11-27)23-25-16(2)21(29-23)15-28-14-17-6-8-19(24)9-7-17/h6-9,12-13H,3-5,10-11,14-15H2,1-2H3. The molecule has 29 heavy (non-hydrogen) atoms. The lowest BCUT2D eigenvalue weighted by Gasteiger charge is -2.18. The fraction of sp³-hybridized carbons (Fsp3) is 0.391. The first-order valence-electron chi connectivity index (χ1n) is 10.2. The molecule has 4 nitrogen and oxygen atoms in total. The minimum atomic E-state index is 0.588. The van der Waals surface area contributed by atoms with Crippen LogP contribution in [0.3, 0.4) is 0 Å². The highest BCUT2D eigenvalue weighted by Gasteiger charge is 2.17. The minimum Gasteiger partial charge on any atom is -0.371 e. The van der Waals surface area contributed by atoms with Gasteiger partial charge in [-0.05, 0) is 56.0 Å². The predicted octanol–water partition coefficient (Wildman–Crippen LogP) is 6.16. The second kappa shape index (κ2) is 9.37. The number of ether oxygens (including phenoxy) is 1. The third kappa shape index (κ3) is 5.05. The Kier molecular flexibility index (Phi) is 6.63. The summed E-state index contributed by atoms with van der Waals surface area (Å²) in [4.78, 5) is 13.3. The van der Waals surface area contributed by atoms with Crippen LogP contribution >= 0.6 is 27.3 Å². The maximum Gasteiger partial charge on any atom is 0.129 e. The monoisotopic (exact) mass is 471 g/mol. The second-order valence-corrected chi connectivity index (χ2v) is 9.40. The number of hydrogen-bond donors (Lipinski definition) is 0. The fourth-order valence-corrected chi connectivity index (χ4v) is 4.76. The zero-order chi connectivity index (χ0) is 20.2. The van der Waals surface area contributed by atoms with E-state index in [4.69, 9.17) is 14.7 Å². The molecule has 0 unspecified atom stereocenters. The molecule has 1 aliphatic rings. The van der Waals surface area contributed by atoms with Crippen molar-refractivity contribution in [3.63, 3.8) is 0 Å². The third-order valence-corrected chi connectivity index (χ3v) is 6.92. The minimum absolute atomic E-state index is 0.588. The molecule has 0 saturated carbocycles. The van der Waals surface area contributed by atoms with Crippen LogP contribution in [0, 0.1) is 6.92 Å². The van der Waals surface area contributed by atoms with Crippen LogP contribution in [0.15, 0.2) is 40.9 Å². The molecule has 0 atom stereocenters. The van der Waals surface area contributed by atoms with E-state index < -0.39 is 0 Å². The fourth-order valence-electron chi connectivity index (χ4n) is 3.51. The molecular formula is C23H26BrN3OS. The van der Waals surface area contributed by atoms with Crippen molar-refractivity contribution in [3.05, 3.63) is 62.7 Å². The molecule has 0 bridgehead atoms. The molecule has 3 heterocycles. The first-order valence-corrected chi connectivity index (χ1v) is 11.8. The molecular weight excluding hydrogens is 446 g/mol. The van der Waals surface area contributed by atoms with Crippen molar-refractivity contribution < 1.29 is 4.74 Å². The van der Waals surface area contributed by atoms with Gasteiger partial charge in [-0.2, -0.15) is 0 Å². The van der Waals surface area contributed by atoms with E-state index in [1.165, 1.54) is 28.8 Å². The van der Waals surface area contributed by atoms with Crippen LogP contribution < -0.4 is 4.90 Å².